The van der Waals surface area contributed by atoms with E-state index in [0.717, 1.165) is 11.1 Å². The van der Waals surface area contributed by atoms with Gasteiger partial charge in [0, 0.05) is 12.4 Å². The normalized spacial score (nSPS) is 10.5. The molecule has 0 spiro atoms. The number of aryl methyl sites for hydroxylation is 1. The van der Waals surface area contributed by atoms with Gasteiger partial charge in [-0.1, -0.05) is 24.3 Å². The van der Waals surface area contributed by atoms with Gasteiger partial charge in [-0.2, -0.15) is 5.10 Å². The van der Waals surface area contributed by atoms with Gasteiger partial charge in [-0.25, -0.2) is 5.43 Å². The second kappa shape index (κ2) is 5.72. The summed E-state index contributed by atoms with van der Waals surface area (Å²) < 4.78 is 0. The number of carbonyl (C=O) groups excluding carboxylic acids is 1. The highest BCUT2D eigenvalue weighted by atomic mass is 16.2. The Morgan fingerprint density at radius 2 is 2.11 bits per heavy atom. The van der Waals surface area contributed by atoms with E-state index in [1.807, 2.05) is 31.2 Å². The molecule has 0 aliphatic heterocycles. The monoisotopic (exact) mass is 239 g/mol. The predicted octanol–water partition coefficient (Wildman–Crippen LogP) is 2.15. The predicted molar refractivity (Wildman–Crippen MR) is 70.5 cm³/mol. The number of rotatable bonds is 3. The second-order valence-electron chi connectivity index (χ2n) is 3.80. The zero-order valence-corrected chi connectivity index (χ0v) is 10.00. The van der Waals surface area contributed by atoms with Crippen LogP contribution in [0.5, 0.6) is 0 Å². The third-order valence-electron chi connectivity index (χ3n) is 2.48. The summed E-state index contributed by atoms with van der Waals surface area (Å²) in [5.41, 5.74) is 5.03. The van der Waals surface area contributed by atoms with Crippen molar-refractivity contribution in [3.8, 4) is 0 Å². The summed E-state index contributed by atoms with van der Waals surface area (Å²) in [5, 5.41) is 3.93. The Morgan fingerprint density at radius 3 is 2.83 bits per heavy atom. The van der Waals surface area contributed by atoms with Gasteiger partial charge in [0.2, 0.25) is 0 Å². The van der Waals surface area contributed by atoms with E-state index in [2.05, 4.69) is 15.5 Å². The fourth-order valence-corrected chi connectivity index (χ4v) is 1.45. The maximum atomic E-state index is 11.7. The smallest absolute Gasteiger partial charge is 0.267 e. The fraction of sp³-hybridized carbons (Fsp3) is 0.0714. The summed E-state index contributed by atoms with van der Waals surface area (Å²) in [4.78, 5) is 15.5. The summed E-state index contributed by atoms with van der Waals surface area (Å²) in [5.74, 6) is -0.270. The van der Waals surface area contributed by atoms with E-state index in [1.165, 1.54) is 6.20 Å². The third kappa shape index (κ3) is 3.01. The van der Waals surface area contributed by atoms with Crippen LogP contribution in [-0.2, 0) is 0 Å². The second-order valence-corrected chi connectivity index (χ2v) is 3.80. The van der Waals surface area contributed by atoms with Crippen LogP contribution in [0.3, 0.4) is 0 Å². The molecule has 0 bridgehead atoms. The van der Waals surface area contributed by atoms with Gasteiger partial charge in [-0.15, -0.1) is 0 Å². The minimum absolute atomic E-state index is 0.270. The Kier molecular flexibility index (Phi) is 3.81. The Bertz CT molecular complexity index is 564. The Balaban J connectivity index is 2.00. The molecule has 0 saturated heterocycles. The highest BCUT2D eigenvalue weighted by Gasteiger charge is 2.02. The molecule has 90 valence electrons. The lowest BCUT2D eigenvalue weighted by Gasteiger charge is -2.00. The van der Waals surface area contributed by atoms with E-state index >= 15 is 0 Å². The molecule has 1 aromatic heterocycles. The molecule has 1 heterocycles. The lowest BCUT2D eigenvalue weighted by molar-refractivity contribution is 0.0955. The van der Waals surface area contributed by atoms with Crippen molar-refractivity contribution in [1.29, 1.82) is 0 Å². The number of pyridine rings is 1. The zero-order valence-electron chi connectivity index (χ0n) is 10.00. The van der Waals surface area contributed by atoms with Crippen LogP contribution in [0.15, 0.2) is 53.9 Å². The van der Waals surface area contributed by atoms with Crippen LogP contribution in [0.25, 0.3) is 0 Å². The molecule has 0 radical (unpaired) electrons. The molecule has 18 heavy (non-hydrogen) atoms. The van der Waals surface area contributed by atoms with E-state index in [9.17, 15) is 4.79 Å². The quantitative estimate of drug-likeness (QED) is 0.659. The largest absolute Gasteiger partial charge is 0.272 e. The maximum absolute atomic E-state index is 11.7. The Hall–Kier alpha value is -2.49. The van der Waals surface area contributed by atoms with E-state index in [4.69, 9.17) is 0 Å². The first-order chi connectivity index (χ1) is 8.77. The van der Waals surface area contributed by atoms with Crippen LogP contribution in [0.2, 0.25) is 0 Å². The average molecular weight is 239 g/mol. The molecular formula is C14H13N3O. The van der Waals surface area contributed by atoms with Crippen LogP contribution >= 0.6 is 0 Å². The highest BCUT2D eigenvalue weighted by molar-refractivity contribution is 5.94. The number of hydrazone groups is 1. The molecule has 1 amide bonds. The molecule has 4 heteroatoms. The van der Waals surface area contributed by atoms with Gasteiger partial charge < -0.3 is 0 Å². The Morgan fingerprint density at radius 1 is 1.28 bits per heavy atom. The number of nitrogens with zero attached hydrogens (tertiary/aromatic N) is 2. The van der Waals surface area contributed by atoms with Gasteiger partial charge in [0.1, 0.15) is 0 Å². The molecule has 1 N–H and O–H groups in total. The van der Waals surface area contributed by atoms with Gasteiger partial charge in [0.15, 0.2) is 0 Å². The summed E-state index contributed by atoms with van der Waals surface area (Å²) >= 11 is 0. The van der Waals surface area contributed by atoms with Crippen LogP contribution in [-0.4, -0.2) is 17.1 Å². The van der Waals surface area contributed by atoms with Crippen molar-refractivity contribution < 1.29 is 4.79 Å². The van der Waals surface area contributed by atoms with Crippen molar-refractivity contribution >= 4 is 12.1 Å². The standard InChI is InChI=1S/C14H13N3O/c1-11-5-2-3-6-12(11)10-16-17-14(18)13-7-4-8-15-9-13/h2-10H,1H3,(H,17,18)/b16-10+. The number of hydrogen-bond acceptors (Lipinski definition) is 3. The van der Waals surface area contributed by atoms with E-state index in [-0.39, 0.29) is 5.91 Å². The van der Waals surface area contributed by atoms with Crippen molar-refractivity contribution in [2.75, 3.05) is 0 Å². The van der Waals surface area contributed by atoms with Crippen LogP contribution < -0.4 is 5.43 Å². The molecule has 4 nitrogen and oxygen atoms in total. The molecule has 0 aliphatic carbocycles. The van der Waals surface area contributed by atoms with Crippen molar-refractivity contribution in [2.24, 2.45) is 5.10 Å². The van der Waals surface area contributed by atoms with Crippen molar-refractivity contribution in [1.82, 2.24) is 10.4 Å². The molecule has 0 atom stereocenters. The molecule has 1 aromatic carbocycles. The van der Waals surface area contributed by atoms with Gasteiger partial charge in [-0.05, 0) is 30.2 Å². The number of aromatic nitrogens is 1. The van der Waals surface area contributed by atoms with Crippen molar-refractivity contribution in [2.45, 2.75) is 6.92 Å². The highest BCUT2D eigenvalue weighted by Crippen LogP contribution is 2.03. The number of carbonyl (C=O) groups is 1. The molecule has 0 fully saturated rings. The SMILES string of the molecule is Cc1ccccc1/C=N/NC(=O)c1cccnc1. The van der Waals surface area contributed by atoms with Gasteiger partial charge >= 0.3 is 0 Å². The first kappa shape index (κ1) is 12.0. The lowest BCUT2D eigenvalue weighted by atomic mass is 10.1. The topological polar surface area (TPSA) is 54.4 Å². The summed E-state index contributed by atoms with van der Waals surface area (Å²) in [6, 6.07) is 11.2. The minimum Gasteiger partial charge on any atom is -0.267 e. The van der Waals surface area contributed by atoms with Gasteiger partial charge in [-0.3, -0.25) is 9.78 Å². The molecule has 2 rings (SSSR count). The zero-order chi connectivity index (χ0) is 12.8. The molecule has 0 unspecified atom stereocenters. The maximum Gasteiger partial charge on any atom is 0.272 e. The average Bonchev–Trinajstić information content (AvgIpc) is 2.42. The number of nitrogens with one attached hydrogen (secondary N) is 1. The van der Waals surface area contributed by atoms with E-state index in [1.54, 1.807) is 24.5 Å². The van der Waals surface area contributed by atoms with Gasteiger partial charge in [0.25, 0.3) is 5.91 Å². The summed E-state index contributed by atoms with van der Waals surface area (Å²) in [6.07, 6.45) is 4.75. The number of amides is 1. The number of benzene rings is 1. The van der Waals surface area contributed by atoms with Crippen LogP contribution in [0.4, 0.5) is 0 Å². The van der Waals surface area contributed by atoms with Gasteiger partial charge in [0.05, 0.1) is 11.8 Å². The summed E-state index contributed by atoms with van der Waals surface area (Å²) in [7, 11) is 0. The first-order valence-corrected chi connectivity index (χ1v) is 5.56. The van der Waals surface area contributed by atoms with E-state index < -0.39 is 0 Å². The van der Waals surface area contributed by atoms with Crippen LogP contribution in [0, 0.1) is 6.92 Å². The van der Waals surface area contributed by atoms with Crippen molar-refractivity contribution in [3.05, 3.63) is 65.5 Å². The van der Waals surface area contributed by atoms with Crippen molar-refractivity contribution in [3.63, 3.8) is 0 Å². The van der Waals surface area contributed by atoms with Crippen LogP contribution in [0.1, 0.15) is 21.5 Å². The first-order valence-electron chi connectivity index (χ1n) is 5.56. The molecule has 2 aromatic rings. The van der Waals surface area contributed by atoms with E-state index in [0.29, 0.717) is 5.56 Å². The molecule has 0 aliphatic rings. The lowest BCUT2D eigenvalue weighted by Crippen LogP contribution is -2.17. The fourth-order valence-electron chi connectivity index (χ4n) is 1.45. The Labute approximate surface area is 105 Å². The molecular weight excluding hydrogens is 226 g/mol. The summed E-state index contributed by atoms with van der Waals surface area (Å²) in [6.45, 7) is 1.99. The minimum atomic E-state index is -0.270. The third-order valence-corrected chi connectivity index (χ3v) is 2.48. The number of hydrogen-bond donors (Lipinski definition) is 1. The molecule has 0 saturated carbocycles.